The Morgan fingerprint density at radius 1 is 1.07 bits per heavy atom. The number of hydrogen-bond acceptors (Lipinski definition) is 3. The molecule has 0 unspecified atom stereocenters. The van der Waals surface area contributed by atoms with Crippen molar-refractivity contribution >= 4 is 22.9 Å². The Morgan fingerprint density at radius 2 is 1.93 bits per heavy atom. The van der Waals surface area contributed by atoms with Gasteiger partial charge in [-0.1, -0.05) is 48.5 Å². The van der Waals surface area contributed by atoms with E-state index in [4.69, 9.17) is 16.7 Å². The molecule has 5 rings (SSSR count). The molecule has 0 amide bonds. The van der Waals surface area contributed by atoms with E-state index in [0.29, 0.717) is 6.04 Å². The summed E-state index contributed by atoms with van der Waals surface area (Å²) in [6, 6.07) is 21.1. The second kappa shape index (κ2) is 7.96. The molecule has 1 N–H and O–H groups in total. The van der Waals surface area contributed by atoms with E-state index in [1.165, 1.54) is 18.4 Å². The Morgan fingerprint density at radius 3 is 2.77 bits per heavy atom. The minimum atomic E-state index is 0.584. The van der Waals surface area contributed by atoms with Crippen LogP contribution in [0.5, 0.6) is 0 Å². The van der Waals surface area contributed by atoms with Crippen LogP contribution in [0, 0.1) is 0 Å². The topological polar surface area (TPSA) is 42.2 Å². The van der Waals surface area contributed by atoms with E-state index in [2.05, 4.69) is 53.3 Å². The van der Waals surface area contributed by atoms with Gasteiger partial charge in [-0.25, -0.2) is 9.50 Å². The van der Waals surface area contributed by atoms with Crippen molar-refractivity contribution in [2.24, 2.45) is 0 Å². The normalized spacial score (nSPS) is 13.5. The first-order valence-electron chi connectivity index (χ1n) is 10.3. The van der Waals surface area contributed by atoms with Crippen molar-refractivity contribution in [3.63, 3.8) is 0 Å². The minimum Gasteiger partial charge on any atom is -0.382 e. The predicted molar refractivity (Wildman–Crippen MR) is 122 cm³/mol. The van der Waals surface area contributed by atoms with Crippen LogP contribution < -0.4 is 5.32 Å². The lowest BCUT2D eigenvalue weighted by Crippen LogP contribution is -2.13. The molecule has 0 bridgehead atoms. The molecule has 1 aliphatic carbocycles. The van der Waals surface area contributed by atoms with Gasteiger partial charge in [-0.3, -0.25) is 0 Å². The van der Waals surface area contributed by atoms with Gasteiger partial charge in [0.25, 0.3) is 0 Å². The molecule has 5 heteroatoms. The van der Waals surface area contributed by atoms with Crippen molar-refractivity contribution in [3.8, 4) is 11.3 Å². The summed E-state index contributed by atoms with van der Waals surface area (Å²) in [6.07, 6.45) is 6.09. The summed E-state index contributed by atoms with van der Waals surface area (Å²) >= 11 is 6.11. The van der Waals surface area contributed by atoms with Gasteiger partial charge in [-0.05, 0) is 67.1 Å². The lowest BCUT2D eigenvalue weighted by molar-refractivity contribution is 0.827. The van der Waals surface area contributed by atoms with Crippen molar-refractivity contribution in [2.45, 2.75) is 31.7 Å². The lowest BCUT2D eigenvalue weighted by atomic mass is 10.1. The molecular formula is C25H23ClN4. The van der Waals surface area contributed by atoms with Crippen molar-refractivity contribution < 1.29 is 0 Å². The highest BCUT2D eigenvalue weighted by molar-refractivity contribution is 6.30. The molecule has 0 aliphatic heterocycles. The zero-order chi connectivity index (χ0) is 20.5. The molecule has 30 heavy (non-hydrogen) atoms. The van der Waals surface area contributed by atoms with Crippen molar-refractivity contribution in [1.82, 2.24) is 19.9 Å². The van der Waals surface area contributed by atoms with Crippen LogP contribution in [-0.2, 0) is 12.8 Å². The smallest absolute Gasteiger partial charge is 0.154 e. The molecule has 1 aliphatic rings. The van der Waals surface area contributed by atoms with Gasteiger partial charge >= 0.3 is 0 Å². The average molecular weight is 415 g/mol. The zero-order valence-electron chi connectivity index (χ0n) is 16.7. The van der Waals surface area contributed by atoms with Crippen molar-refractivity contribution in [1.29, 1.82) is 0 Å². The van der Waals surface area contributed by atoms with Gasteiger partial charge in [0.15, 0.2) is 5.65 Å². The molecule has 2 aromatic carbocycles. The molecule has 150 valence electrons. The number of imidazole rings is 1. The Balaban J connectivity index is 1.41. The molecular weight excluding hydrogens is 392 g/mol. The number of nitrogens with zero attached hydrogens (tertiary/aromatic N) is 3. The molecule has 2 aromatic heterocycles. The number of rotatable bonds is 7. The largest absolute Gasteiger partial charge is 0.382 e. The molecule has 0 atom stereocenters. The standard InChI is InChI=1S/C25H23ClN4/c1-17(28-22-10-11-22)19-5-3-6-20(15-19)24-16-27-25-13-12-23(29-30(24)25)9-8-18-4-2-7-21(26)14-18/h2-7,12-16,22,28H,1,8-11H2. The van der Waals surface area contributed by atoms with E-state index in [1.54, 1.807) is 0 Å². The third-order valence-electron chi connectivity index (χ3n) is 5.44. The fourth-order valence-corrected chi connectivity index (χ4v) is 3.84. The molecule has 1 fully saturated rings. The van der Waals surface area contributed by atoms with Gasteiger partial charge in [0.2, 0.25) is 0 Å². The molecule has 2 heterocycles. The van der Waals surface area contributed by atoms with Gasteiger partial charge in [0.05, 0.1) is 17.6 Å². The Kier molecular flexibility index (Phi) is 5.01. The fourth-order valence-electron chi connectivity index (χ4n) is 3.63. The van der Waals surface area contributed by atoms with Crippen LogP contribution in [0.3, 0.4) is 0 Å². The highest BCUT2D eigenvalue weighted by Crippen LogP contribution is 2.26. The molecule has 1 saturated carbocycles. The Bertz CT molecular complexity index is 1220. The monoisotopic (exact) mass is 414 g/mol. The maximum Gasteiger partial charge on any atom is 0.154 e. The van der Waals surface area contributed by atoms with E-state index < -0.39 is 0 Å². The van der Waals surface area contributed by atoms with Crippen LogP contribution in [0.15, 0.2) is 73.4 Å². The van der Waals surface area contributed by atoms with E-state index in [9.17, 15) is 0 Å². The first-order valence-corrected chi connectivity index (χ1v) is 10.7. The fraction of sp³-hybridized carbons (Fsp3) is 0.200. The zero-order valence-corrected chi connectivity index (χ0v) is 17.4. The lowest BCUT2D eigenvalue weighted by Gasteiger charge is -2.10. The quantitative estimate of drug-likeness (QED) is 0.430. The number of nitrogens with one attached hydrogen (secondary N) is 1. The number of aromatic nitrogens is 3. The number of halogens is 1. The maximum absolute atomic E-state index is 6.11. The summed E-state index contributed by atoms with van der Waals surface area (Å²) in [6.45, 7) is 4.20. The van der Waals surface area contributed by atoms with Crippen LogP contribution in [0.1, 0.15) is 29.7 Å². The average Bonchev–Trinajstić information content (AvgIpc) is 3.48. The Labute approximate surface area is 181 Å². The van der Waals surface area contributed by atoms with Crippen LogP contribution in [-0.4, -0.2) is 20.6 Å². The van der Waals surface area contributed by atoms with Gasteiger partial charge in [0.1, 0.15) is 0 Å². The van der Waals surface area contributed by atoms with Crippen LogP contribution in [0.4, 0.5) is 0 Å². The summed E-state index contributed by atoms with van der Waals surface area (Å²) < 4.78 is 1.93. The first kappa shape index (κ1) is 18.9. The van der Waals surface area contributed by atoms with Crippen LogP contribution >= 0.6 is 11.6 Å². The molecule has 0 spiro atoms. The van der Waals surface area contributed by atoms with Gasteiger partial charge in [-0.2, -0.15) is 5.10 Å². The summed E-state index contributed by atoms with van der Waals surface area (Å²) in [5.74, 6) is 0. The van der Waals surface area contributed by atoms with Gasteiger partial charge in [0, 0.05) is 22.3 Å². The van der Waals surface area contributed by atoms with Crippen molar-refractivity contribution in [3.05, 3.63) is 95.3 Å². The minimum absolute atomic E-state index is 0.584. The SMILES string of the molecule is C=C(NC1CC1)c1cccc(-c2cnc3ccc(CCc4cccc(Cl)c4)nn23)c1. The number of aryl methyl sites for hydroxylation is 2. The van der Waals surface area contributed by atoms with Crippen molar-refractivity contribution in [2.75, 3.05) is 0 Å². The summed E-state index contributed by atoms with van der Waals surface area (Å²) in [4.78, 5) is 4.54. The first-order chi connectivity index (χ1) is 14.7. The second-order valence-corrected chi connectivity index (χ2v) is 8.28. The van der Waals surface area contributed by atoms with Crippen LogP contribution in [0.2, 0.25) is 5.02 Å². The Hall–Kier alpha value is -3.11. The predicted octanol–water partition coefficient (Wildman–Crippen LogP) is 5.56. The second-order valence-electron chi connectivity index (χ2n) is 7.85. The molecule has 4 aromatic rings. The third-order valence-corrected chi connectivity index (χ3v) is 5.67. The summed E-state index contributed by atoms with van der Waals surface area (Å²) in [5, 5.41) is 9.12. The van der Waals surface area contributed by atoms with Crippen LogP contribution in [0.25, 0.3) is 22.6 Å². The number of benzene rings is 2. The van der Waals surface area contributed by atoms with Gasteiger partial charge in [-0.15, -0.1) is 0 Å². The number of fused-ring (bicyclic) bond motifs is 1. The third kappa shape index (κ3) is 4.10. The van der Waals surface area contributed by atoms with E-state index in [1.807, 2.05) is 35.0 Å². The van der Waals surface area contributed by atoms with Gasteiger partial charge < -0.3 is 5.32 Å². The maximum atomic E-state index is 6.11. The number of hydrogen-bond donors (Lipinski definition) is 1. The highest BCUT2D eigenvalue weighted by Gasteiger charge is 2.21. The molecule has 0 saturated heterocycles. The van der Waals surface area contributed by atoms with E-state index in [0.717, 1.165) is 51.7 Å². The summed E-state index contributed by atoms with van der Waals surface area (Å²) in [5.41, 5.74) is 7.22. The highest BCUT2D eigenvalue weighted by atomic mass is 35.5. The van der Waals surface area contributed by atoms with E-state index >= 15 is 0 Å². The molecule has 4 nitrogen and oxygen atoms in total. The summed E-state index contributed by atoms with van der Waals surface area (Å²) in [7, 11) is 0. The van der Waals surface area contributed by atoms with E-state index in [-0.39, 0.29) is 0 Å². The molecule has 0 radical (unpaired) electrons.